The van der Waals surface area contributed by atoms with Gasteiger partial charge in [-0.25, -0.2) is 9.36 Å². The molecule has 1 amide bonds. The minimum Gasteiger partial charge on any atom is -0.493 e. The fraction of sp³-hybridized carbons (Fsp3) is 0.292. The summed E-state index contributed by atoms with van der Waals surface area (Å²) >= 11 is 0. The van der Waals surface area contributed by atoms with Crippen molar-refractivity contribution >= 4 is 13.7 Å². The van der Waals surface area contributed by atoms with Gasteiger partial charge in [0.05, 0.1) is 27.4 Å². The van der Waals surface area contributed by atoms with E-state index in [4.69, 9.17) is 18.7 Å². The molecule has 3 aromatic rings. The number of nitrogens with one attached hydrogen (secondary N) is 3. The van der Waals surface area contributed by atoms with Gasteiger partial charge in [0.25, 0.3) is 5.56 Å². The van der Waals surface area contributed by atoms with Gasteiger partial charge in [0.15, 0.2) is 11.5 Å². The largest absolute Gasteiger partial charge is 0.524 e. The fourth-order valence-electron chi connectivity index (χ4n) is 4.19. The summed E-state index contributed by atoms with van der Waals surface area (Å²) in [5.74, 6) is 0.211. The van der Waals surface area contributed by atoms with Gasteiger partial charge in [0.1, 0.15) is 5.75 Å². The molecule has 4 rings (SSSR count). The van der Waals surface area contributed by atoms with Crippen LogP contribution in [-0.2, 0) is 15.8 Å². The molecule has 0 aliphatic heterocycles. The van der Waals surface area contributed by atoms with E-state index in [1.54, 1.807) is 18.2 Å². The number of aromatic nitrogens is 2. The van der Waals surface area contributed by atoms with E-state index in [9.17, 15) is 33.1 Å². The molecule has 5 N–H and O–H groups in total. The molecule has 0 fully saturated rings. The summed E-state index contributed by atoms with van der Waals surface area (Å²) < 4.78 is 44.7. The zero-order valence-corrected chi connectivity index (χ0v) is 22.3. The highest BCUT2D eigenvalue weighted by Gasteiger charge is 2.30. The van der Waals surface area contributed by atoms with Crippen molar-refractivity contribution in [1.82, 2.24) is 15.3 Å². The van der Waals surface area contributed by atoms with Crippen LogP contribution in [0.25, 0.3) is 11.1 Å². The fourth-order valence-corrected chi connectivity index (χ4v) is 4.58. The van der Waals surface area contributed by atoms with Gasteiger partial charge in [0, 0.05) is 18.7 Å². The zero-order valence-electron chi connectivity index (χ0n) is 21.4. The summed E-state index contributed by atoms with van der Waals surface area (Å²) in [5.41, 5.74) is 1.38. The van der Waals surface area contributed by atoms with Gasteiger partial charge in [-0.1, -0.05) is 6.07 Å². The average Bonchev–Trinajstić information content (AvgIpc) is 3.01. The molecule has 0 bridgehead atoms. The molecule has 0 spiro atoms. The van der Waals surface area contributed by atoms with E-state index >= 15 is 0 Å². The second-order valence-corrected chi connectivity index (χ2v) is 9.39. The van der Waals surface area contributed by atoms with E-state index < -0.39 is 30.9 Å². The number of ether oxygens (including phenoxy) is 3. The monoisotopic (exact) mass is 567 g/mol. The Morgan fingerprint density at radius 1 is 1.10 bits per heavy atom. The van der Waals surface area contributed by atoms with Crippen LogP contribution in [0.3, 0.4) is 0 Å². The van der Waals surface area contributed by atoms with Crippen LogP contribution in [-0.4, -0.2) is 47.0 Å². The van der Waals surface area contributed by atoms with Crippen molar-refractivity contribution < 1.29 is 42.3 Å². The van der Waals surface area contributed by atoms with Crippen LogP contribution in [0.1, 0.15) is 30.5 Å². The molecular weight excluding hydrogens is 540 g/mol. The molecule has 15 heteroatoms. The normalized spacial score (nSPS) is 14.0. The number of aryl methyl sites for hydroxylation is 1. The number of phosphoric ester groups is 1. The molecule has 0 saturated carbocycles. The molecule has 1 atom stereocenters. The van der Waals surface area contributed by atoms with Gasteiger partial charge in [-0.3, -0.25) is 24.4 Å². The van der Waals surface area contributed by atoms with Crippen LogP contribution in [0.5, 0.6) is 23.0 Å². The Morgan fingerprint density at radius 2 is 1.79 bits per heavy atom. The number of H-pyrrole nitrogens is 2. The number of carbonyl (C=O) groups excluding carboxylic acids is 1. The van der Waals surface area contributed by atoms with E-state index in [0.717, 1.165) is 16.7 Å². The lowest BCUT2D eigenvalue weighted by atomic mass is 9.93. The van der Waals surface area contributed by atoms with E-state index in [1.807, 2.05) is 11.1 Å². The van der Waals surface area contributed by atoms with Crippen molar-refractivity contribution in [2.24, 2.45) is 0 Å². The number of hydrogen-bond donors (Lipinski definition) is 5. The topological polar surface area (TPSA) is 189 Å². The number of halogens is 1. The first kappa shape index (κ1) is 29.4. The molecule has 0 radical (unpaired) electrons. The number of fused-ring (bicyclic) bond motifs is 3. The second-order valence-electron chi connectivity index (χ2n) is 8.22. The van der Waals surface area contributed by atoms with E-state index in [2.05, 4.69) is 5.32 Å². The summed E-state index contributed by atoms with van der Waals surface area (Å²) in [5, 5.41) is 2.91. The number of rotatable bonds is 6. The average molecular weight is 567 g/mol. The third-order valence-electron chi connectivity index (χ3n) is 5.66. The maximum absolute atomic E-state index is 12.0. The van der Waals surface area contributed by atoms with Crippen LogP contribution in [0, 0.1) is 5.82 Å². The van der Waals surface area contributed by atoms with Crippen molar-refractivity contribution in [3.05, 3.63) is 68.2 Å². The number of carbonyl (C=O) groups is 1. The molecular formula is C24H27FN3O10P. The van der Waals surface area contributed by atoms with Crippen LogP contribution >= 0.6 is 7.82 Å². The predicted molar refractivity (Wildman–Crippen MR) is 137 cm³/mol. The third kappa shape index (κ3) is 7.05. The Hall–Kier alpha value is -4.13. The first-order valence-electron chi connectivity index (χ1n) is 11.3. The molecule has 39 heavy (non-hydrogen) atoms. The van der Waals surface area contributed by atoms with Crippen molar-refractivity contribution in [3.8, 4) is 34.1 Å². The second kappa shape index (κ2) is 12.2. The van der Waals surface area contributed by atoms with Gasteiger partial charge >= 0.3 is 13.5 Å². The minimum absolute atomic E-state index is 0.000305. The number of benzene rings is 2. The molecule has 0 saturated heterocycles. The highest BCUT2D eigenvalue weighted by atomic mass is 31.2. The first-order valence-corrected chi connectivity index (χ1v) is 12.9. The Kier molecular flexibility index (Phi) is 9.17. The van der Waals surface area contributed by atoms with E-state index in [-0.39, 0.29) is 11.7 Å². The summed E-state index contributed by atoms with van der Waals surface area (Å²) in [6.07, 6.45) is 1.86. The SMILES string of the molecule is COc1cc2c(c(OC)c1OC)-c1ccc(OP(=O)(O)O)cc1[C@@H](NC(C)=O)CC2.O=c1[nH]cc(F)c(=O)[nH]1. The maximum Gasteiger partial charge on any atom is 0.524 e. The standard InChI is InChI=1S/C20H24NO8P.C4H3FN2O2/c1-11(22)21-16-8-5-12-9-17(26-2)19(27-3)20(28-4)18(12)14-7-6-13(10-15(14)16)29-30(23,24)25;5-2-1-6-4(9)7-3(2)8/h6-7,9-10,16H,5,8H2,1-4H3,(H,21,22)(H2,23,24,25);1H,(H2,6,7,8,9)/t16-;/m0./s1. The third-order valence-corrected chi connectivity index (χ3v) is 6.11. The number of methoxy groups -OCH3 is 3. The van der Waals surface area contributed by atoms with Gasteiger partial charge in [-0.05, 0) is 47.7 Å². The lowest BCUT2D eigenvalue weighted by Gasteiger charge is -2.21. The first-order chi connectivity index (χ1) is 18.4. The summed E-state index contributed by atoms with van der Waals surface area (Å²) in [6, 6.07) is 6.16. The number of amides is 1. The predicted octanol–water partition coefficient (Wildman–Crippen LogP) is 2.18. The minimum atomic E-state index is -4.74. The van der Waals surface area contributed by atoms with Crippen molar-refractivity contribution in [1.29, 1.82) is 0 Å². The van der Waals surface area contributed by atoms with E-state index in [1.165, 1.54) is 33.3 Å². The molecule has 2 aromatic carbocycles. The van der Waals surface area contributed by atoms with Crippen LogP contribution in [0.2, 0.25) is 0 Å². The molecule has 0 unspecified atom stereocenters. The number of phosphoric acid groups is 1. The van der Waals surface area contributed by atoms with Crippen molar-refractivity contribution in [2.45, 2.75) is 25.8 Å². The maximum atomic E-state index is 12.0. The zero-order chi connectivity index (χ0) is 28.9. The van der Waals surface area contributed by atoms with Crippen LogP contribution in [0.15, 0.2) is 40.1 Å². The lowest BCUT2D eigenvalue weighted by Crippen LogP contribution is -2.26. The van der Waals surface area contributed by atoms with Crippen LogP contribution < -0.4 is 35.3 Å². The Bertz CT molecular complexity index is 1530. The summed E-state index contributed by atoms with van der Waals surface area (Å²) in [7, 11) is -0.151. The van der Waals surface area contributed by atoms with Crippen LogP contribution in [0.4, 0.5) is 4.39 Å². The van der Waals surface area contributed by atoms with E-state index in [0.29, 0.717) is 41.9 Å². The molecule has 1 aliphatic carbocycles. The van der Waals surface area contributed by atoms with Crippen molar-refractivity contribution in [2.75, 3.05) is 21.3 Å². The molecule has 1 heterocycles. The quantitative estimate of drug-likeness (QED) is 0.276. The number of hydrogen-bond acceptors (Lipinski definition) is 8. The van der Waals surface area contributed by atoms with Gasteiger partial charge in [0.2, 0.25) is 17.5 Å². The molecule has 1 aliphatic rings. The molecule has 210 valence electrons. The summed E-state index contributed by atoms with van der Waals surface area (Å²) in [6.45, 7) is 1.42. The van der Waals surface area contributed by atoms with Gasteiger partial charge in [-0.15, -0.1) is 0 Å². The lowest BCUT2D eigenvalue weighted by molar-refractivity contribution is -0.119. The summed E-state index contributed by atoms with van der Waals surface area (Å²) in [4.78, 5) is 54.2. The molecule has 1 aromatic heterocycles. The Labute approximate surface area is 221 Å². The van der Waals surface area contributed by atoms with Crippen molar-refractivity contribution in [3.63, 3.8) is 0 Å². The van der Waals surface area contributed by atoms with Gasteiger partial charge in [-0.2, -0.15) is 4.39 Å². The Balaban J connectivity index is 0.000000395. The smallest absolute Gasteiger partial charge is 0.493 e. The Morgan fingerprint density at radius 3 is 2.33 bits per heavy atom. The van der Waals surface area contributed by atoms with Gasteiger partial charge < -0.3 is 29.0 Å². The number of aromatic amines is 2. The molecule has 13 nitrogen and oxygen atoms in total. The highest BCUT2D eigenvalue weighted by Crippen LogP contribution is 2.51. The highest BCUT2D eigenvalue weighted by molar-refractivity contribution is 7.46.